The third-order valence-electron chi connectivity index (χ3n) is 5.41. The summed E-state index contributed by atoms with van der Waals surface area (Å²) in [5.41, 5.74) is 0.998. The van der Waals surface area contributed by atoms with Crippen LogP contribution in [0.3, 0.4) is 0 Å². The first-order chi connectivity index (χ1) is 13.6. The lowest BCUT2D eigenvalue weighted by molar-refractivity contribution is 0.0610. The second-order valence-corrected chi connectivity index (χ2v) is 7.77. The molecule has 3 aromatic rings. The summed E-state index contributed by atoms with van der Waals surface area (Å²) in [6.07, 6.45) is 5.30. The third-order valence-corrected chi connectivity index (χ3v) is 5.67. The predicted molar refractivity (Wildman–Crippen MR) is 111 cm³/mol. The standard InChI is InChI=1S/C23H22ClNO3/c24-18-12-10-16(11-13-18)15-25(19-7-2-1-3-8-19)22(26)20-14-17-6-4-5-9-21(17)28-23(20)27/h4-6,9-14,19H,1-3,7-8,15H2. The molecule has 0 radical (unpaired) electrons. The molecule has 1 fully saturated rings. The van der Waals surface area contributed by atoms with Crippen molar-refractivity contribution in [3.05, 3.63) is 81.2 Å². The van der Waals surface area contributed by atoms with Crippen molar-refractivity contribution in [2.75, 3.05) is 0 Å². The van der Waals surface area contributed by atoms with E-state index in [2.05, 4.69) is 0 Å². The molecule has 1 aliphatic carbocycles. The predicted octanol–water partition coefficient (Wildman–Crippen LogP) is 5.42. The van der Waals surface area contributed by atoms with Gasteiger partial charge in [0.2, 0.25) is 0 Å². The largest absolute Gasteiger partial charge is 0.422 e. The lowest BCUT2D eigenvalue weighted by Crippen LogP contribution is -2.42. The van der Waals surface area contributed by atoms with Crippen LogP contribution in [0.1, 0.15) is 48.0 Å². The van der Waals surface area contributed by atoms with E-state index in [9.17, 15) is 9.59 Å². The number of carbonyl (C=O) groups is 1. The van der Waals surface area contributed by atoms with E-state index in [-0.39, 0.29) is 17.5 Å². The average molecular weight is 396 g/mol. The molecule has 4 nitrogen and oxygen atoms in total. The molecule has 0 saturated heterocycles. The molecule has 0 bridgehead atoms. The number of benzene rings is 2. The molecule has 1 heterocycles. The molecular formula is C23H22ClNO3. The second-order valence-electron chi connectivity index (χ2n) is 7.34. The van der Waals surface area contributed by atoms with Crippen molar-refractivity contribution < 1.29 is 9.21 Å². The third kappa shape index (κ3) is 3.97. The first kappa shape index (κ1) is 18.8. The zero-order valence-electron chi connectivity index (χ0n) is 15.6. The Hall–Kier alpha value is -2.59. The van der Waals surface area contributed by atoms with Gasteiger partial charge in [-0.2, -0.15) is 0 Å². The van der Waals surface area contributed by atoms with Crippen LogP contribution in [0.2, 0.25) is 5.02 Å². The van der Waals surface area contributed by atoms with Gasteiger partial charge in [0.1, 0.15) is 11.1 Å². The molecule has 1 aromatic heterocycles. The van der Waals surface area contributed by atoms with Crippen LogP contribution in [0.15, 0.2) is 63.8 Å². The van der Waals surface area contributed by atoms with Crippen molar-refractivity contribution >= 4 is 28.5 Å². The first-order valence-electron chi connectivity index (χ1n) is 9.70. The van der Waals surface area contributed by atoms with Gasteiger partial charge in [0.15, 0.2) is 0 Å². The molecule has 1 aliphatic rings. The van der Waals surface area contributed by atoms with E-state index in [1.54, 1.807) is 12.1 Å². The SMILES string of the molecule is O=C(c1cc2ccccc2oc1=O)N(Cc1ccc(Cl)cc1)C1CCCCC1. The van der Waals surface area contributed by atoms with E-state index in [0.717, 1.165) is 36.6 Å². The van der Waals surface area contributed by atoms with Crippen molar-refractivity contribution in [1.29, 1.82) is 0 Å². The molecule has 5 heteroatoms. The van der Waals surface area contributed by atoms with Crippen LogP contribution in [0.4, 0.5) is 0 Å². The van der Waals surface area contributed by atoms with Crippen molar-refractivity contribution in [1.82, 2.24) is 4.90 Å². The van der Waals surface area contributed by atoms with Gasteiger partial charge in [-0.25, -0.2) is 4.79 Å². The van der Waals surface area contributed by atoms with Crippen LogP contribution in [0.25, 0.3) is 11.0 Å². The summed E-state index contributed by atoms with van der Waals surface area (Å²) in [4.78, 5) is 27.8. The molecular weight excluding hydrogens is 374 g/mol. The molecule has 0 aliphatic heterocycles. The van der Waals surface area contributed by atoms with Crippen LogP contribution in [-0.4, -0.2) is 16.8 Å². The fraction of sp³-hybridized carbons (Fsp3) is 0.304. The Morgan fingerprint density at radius 3 is 2.50 bits per heavy atom. The topological polar surface area (TPSA) is 50.5 Å². The van der Waals surface area contributed by atoms with Gasteiger partial charge in [0, 0.05) is 23.0 Å². The highest BCUT2D eigenvalue weighted by Crippen LogP contribution is 2.26. The lowest BCUT2D eigenvalue weighted by Gasteiger charge is -2.34. The van der Waals surface area contributed by atoms with Crippen LogP contribution in [0, 0.1) is 0 Å². The minimum atomic E-state index is -0.583. The summed E-state index contributed by atoms with van der Waals surface area (Å²) in [6, 6.07) is 16.5. The van der Waals surface area contributed by atoms with E-state index >= 15 is 0 Å². The fourth-order valence-corrected chi connectivity index (χ4v) is 4.04. The summed E-state index contributed by atoms with van der Waals surface area (Å²) in [5.74, 6) is -0.263. The van der Waals surface area contributed by atoms with Gasteiger partial charge in [0.05, 0.1) is 0 Å². The van der Waals surface area contributed by atoms with Gasteiger partial charge in [-0.3, -0.25) is 4.79 Å². The maximum atomic E-state index is 13.4. The van der Waals surface area contributed by atoms with E-state index in [1.807, 2.05) is 47.4 Å². The molecule has 0 spiro atoms. The lowest BCUT2D eigenvalue weighted by atomic mass is 9.93. The van der Waals surface area contributed by atoms with Gasteiger partial charge in [-0.05, 0) is 42.7 Å². The van der Waals surface area contributed by atoms with Crippen molar-refractivity contribution in [2.24, 2.45) is 0 Å². The Labute approximate surface area is 168 Å². The highest BCUT2D eigenvalue weighted by atomic mass is 35.5. The molecule has 2 aromatic carbocycles. The Bertz CT molecular complexity index is 1040. The zero-order chi connectivity index (χ0) is 19.5. The number of nitrogens with zero attached hydrogens (tertiary/aromatic N) is 1. The number of hydrogen-bond donors (Lipinski definition) is 0. The Kier molecular flexibility index (Phi) is 5.49. The van der Waals surface area contributed by atoms with Crippen molar-refractivity contribution in [3.8, 4) is 0 Å². The first-order valence-corrected chi connectivity index (χ1v) is 10.1. The molecule has 28 heavy (non-hydrogen) atoms. The molecule has 1 amide bonds. The summed E-state index contributed by atoms with van der Waals surface area (Å²) < 4.78 is 5.40. The minimum Gasteiger partial charge on any atom is -0.422 e. The average Bonchev–Trinajstić information content (AvgIpc) is 2.73. The normalized spacial score (nSPS) is 14.9. The molecule has 144 valence electrons. The highest BCUT2D eigenvalue weighted by Gasteiger charge is 2.28. The number of hydrogen-bond acceptors (Lipinski definition) is 3. The number of fused-ring (bicyclic) bond motifs is 1. The van der Waals surface area contributed by atoms with Gasteiger partial charge in [-0.15, -0.1) is 0 Å². The van der Waals surface area contributed by atoms with Gasteiger partial charge in [0.25, 0.3) is 5.91 Å². The van der Waals surface area contributed by atoms with Crippen molar-refractivity contribution in [3.63, 3.8) is 0 Å². The van der Waals surface area contributed by atoms with E-state index in [0.29, 0.717) is 17.2 Å². The molecule has 4 rings (SSSR count). The molecule has 1 saturated carbocycles. The van der Waals surface area contributed by atoms with Crippen LogP contribution >= 0.6 is 11.6 Å². The molecule has 0 atom stereocenters. The quantitative estimate of drug-likeness (QED) is 0.554. The zero-order valence-corrected chi connectivity index (χ0v) is 16.3. The maximum absolute atomic E-state index is 13.4. The minimum absolute atomic E-state index is 0.0956. The number of halogens is 1. The monoisotopic (exact) mass is 395 g/mol. The number of para-hydroxylation sites is 1. The number of rotatable bonds is 4. The van der Waals surface area contributed by atoms with Gasteiger partial charge in [-0.1, -0.05) is 61.2 Å². The van der Waals surface area contributed by atoms with Crippen molar-refractivity contribution in [2.45, 2.75) is 44.7 Å². The second kappa shape index (κ2) is 8.19. The summed E-state index contributed by atoms with van der Waals surface area (Å²) >= 11 is 6.00. The van der Waals surface area contributed by atoms with E-state index < -0.39 is 5.63 Å². The van der Waals surface area contributed by atoms with Gasteiger partial charge >= 0.3 is 5.63 Å². The van der Waals surface area contributed by atoms with Crippen LogP contribution in [-0.2, 0) is 6.54 Å². The van der Waals surface area contributed by atoms with Gasteiger partial charge < -0.3 is 9.32 Å². The fourth-order valence-electron chi connectivity index (χ4n) is 3.91. The maximum Gasteiger partial charge on any atom is 0.349 e. The number of amides is 1. The molecule has 0 N–H and O–H groups in total. The highest BCUT2D eigenvalue weighted by molar-refractivity contribution is 6.30. The van der Waals surface area contributed by atoms with Crippen LogP contribution < -0.4 is 5.63 Å². The Morgan fingerprint density at radius 2 is 1.75 bits per heavy atom. The van der Waals surface area contributed by atoms with E-state index in [4.69, 9.17) is 16.0 Å². The Morgan fingerprint density at radius 1 is 1.04 bits per heavy atom. The van der Waals surface area contributed by atoms with Crippen LogP contribution in [0.5, 0.6) is 0 Å². The Balaban J connectivity index is 1.70. The number of carbonyl (C=O) groups excluding carboxylic acids is 1. The summed E-state index contributed by atoms with van der Waals surface area (Å²) in [6.45, 7) is 0.451. The summed E-state index contributed by atoms with van der Waals surface area (Å²) in [5, 5.41) is 1.41. The smallest absolute Gasteiger partial charge is 0.349 e. The molecule has 0 unspecified atom stereocenters. The van der Waals surface area contributed by atoms with E-state index in [1.165, 1.54) is 6.42 Å². The summed E-state index contributed by atoms with van der Waals surface area (Å²) in [7, 11) is 0.